The van der Waals surface area contributed by atoms with Crippen LogP contribution in [0.1, 0.15) is 25.8 Å². The number of likely N-dealkylation sites (N-methyl/N-ethyl adjacent to an activating group) is 1. The van der Waals surface area contributed by atoms with Crippen molar-refractivity contribution >= 4 is 28.2 Å². The summed E-state index contributed by atoms with van der Waals surface area (Å²) in [5.41, 5.74) is 0.830. The van der Waals surface area contributed by atoms with Crippen molar-refractivity contribution in [2.75, 3.05) is 25.5 Å². The third-order valence-corrected chi connectivity index (χ3v) is 3.92. The topological polar surface area (TPSA) is 83.4 Å². The van der Waals surface area contributed by atoms with Crippen LogP contribution in [-0.2, 0) is 0 Å². The van der Waals surface area contributed by atoms with Crippen LogP contribution in [0.25, 0.3) is 0 Å². The Morgan fingerprint density at radius 3 is 2.76 bits per heavy atom. The lowest BCUT2D eigenvalue weighted by Gasteiger charge is -2.03. The molecule has 0 fully saturated rings. The standard InChI is InChI=1S/C14H17N3O3S/c1-9-8-11(17-13(18)10-4-3-7-20-10)21-12(9)14(19)16-6-5-15-2/h3-4,7-8,15H,5-6H2,1-2H3,(H,16,19)(H,17,18). The Hall–Kier alpha value is -2.12. The molecule has 3 N–H and O–H groups in total. The molecule has 112 valence electrons. The summed E-state index contributed by atoms with van der Waals surface area (Å²) in [4.78, 5) is 24.5. The van der Waals surface area contributed by atoms with E-state index < -0.39 is 0 Å². The van der Waals surface area contributed by atoms with E-state index in [1.54, 1.807) is 18.2 Å². The van der Waals surface area contributed by atoms with Crippen molar-refractivity contribution in [3.05, 3.63) is 40.7 Å². The Balaban J connectivity index is 2.01. The molecule has 0 aliphatic carbocycles. The van der Waals surface area contributed by atoms with Crippen LogP contribution in [0.15, 0.2) is 28.9 Å². The van der Waals surface area contributed by atoms with Crippen molar-refractivity contribution in [1.29, 1.82) is 0 Å². The van der Waals surface area contributed by atoms with Gasteiger partial charge in [-0.25, -0.2) is 0 Å². The highest BCUT2D eigenvalue weighted by Crippen LogP contribution is 2.27. The number of hydrogen-bond acceptors (Lipinski definition) is 5. The summed E-state index contributed by atoms with van der Waals surface area (Å²) in [6.07, 6.45) is 1.44. The lowest BCUT2D eigenvalue weighted by atomic mass is 10.3. The van der Waals surface area contributed by atoms with Crippen LogP contribution < -0.4 is 16.0 Å². The highest BCUT2D eigenvalue weighted by atomic mass is 32.1. The molecule has 0 radical (unpaired) electrons. The maximum absolute atomic E-state index is 12.0. The number of furan rings is 1. The van der Waals surface area contributed by atoms with Gasteiger partial charge in [0.2, 0.25) is 0 Å². The molecule has 0 spiro atoms. The first-order chi connectivity index (χ1) is 10.1. The first kappa shape index (κ1) is 15.3. The quantitative estimate of drug-likeness (QED) is 0.711. The Morgan fingerprint density at radius 2 is 2.10 bits per heavy atom. The van der Waals surface area contributed by atoms with Crippen LogP contribution in [0.4, 0.5) is 5.00 Å². The van der Waals surface area contributed by atoms with E-state index in [9.17, 15) is 9.59 Å². The van der Waals surface area contributed by atoms with Crippen LogP contribution in [0, 0.1) is 6.92 Å². The van der Waals surface area contributed by atoms with Crippen molar-refractivity contribution in [1.82, 2.24) is 10.6 Å². The Kier molecular flexibility index (Phi) is 5.13. The number of aryl methyl sites for hydroxylation is 1. The fourth-order valence-corrected chi connectivity index (χ4v) is 2.72. The molecule has 2 heterocycles. The van der Waals surface area contributed by atoms with Gasteiger partial charge in [-0.05, 0) is 37.7 Å². The van der Waals surface area contributed by atoms with E-state index >= 15 is 0 Å². The van der Waals surface area contributed by atoms with Crippen LogP contribution in [0.5, 0.6) is 0 Å². The van der Waals surface area contributed by atoms with Gasteiger partial charge in [-0.1, -0.05) is 0 Å². The van der Waals surface area contributed by atoms with Crippen molar-refractivity contribution in [2.24, 2.45) is 0 Å². The van der Waals surface area contributed by atoms with Crippen LogP contribution in [-0.4, -0.2) is 32.0 Å². The monoisotopic (exact) mass is 307 g/mol. The van der Waals surface area contributed by atoms with Gasteiger partial charge in [-0.2, -0.15) is 0 Å². The summed E-state index contributed by atoms with van der Waals surface area (Å²) in [7, 11) is 1.82. The second-order valence-electron chi connectivity index (χ2n) is 4.41. The van der Waals surface area contributed by atoms with Gasteiger partial charge in [0.15, 0.2) is 5.76 Å². The number of rotatable bonds is 6. The first-order valence-electron chi connectivity index (χ1n) is 6.50. The number of thiophene rings is 1. The van der Waals surface area contributed by atoms with Crippen LogP contribution in [0.3, 0.4) is 0 Å². The van der Waals surface area contributed by atoms with E-state index in [0.717, 1.165) is 5.56 Å². The summed E-state index contributed by atoms with van der Waals surface area (Å²) < 4.78 is 5.02. The molecule has 2 aromatic heterocycles. The van der Waals surface area contributed by atoms with Gasteiger partial charge in [0.05, 0.1) is 16.1 Å². The SMILES string of the molecule is CNCCNC(=O)c1sc(NC(=O)c2ccco2)cc1C. The van der Waals surface area contributed by atoms with Gasteiger partial charge >= 0.3 is 0 Å². The van der Waals surface area contributed by atoms with Crippen molar-refractivity contribution < 1.29 is 14.0 Å². The fraction of sp³-hybridized carbons (Fsp3) is 0.286. The third kappa shape index (κ3) is 3.93. The fourth-order valence-electron chi connectivity index (χ4n) is 1.73. The van der Waals surface area contributed by atoms with Gasteiger partial charge in [-0.3, -0.25) is 9.59 Å². The van der Waals surface area contributed by atoms with E-state index in [-0.39, 0.29) is 17.6 Å². The predicted molar refractivity (Wildman–Crippen MR) is 82.0 cm³/mol. The summed E-state index contributed by atoms with van der Waals surface area (Å²) in [6.45, 7) is 3.10. The molecule has 0 aliphatic heterocycles. The molecule has 7 heteroatoms. The smallest absolute Gasteiger partial charge is 0.291 e. The molecule has 21 heavy (non-hydrogen) atoms. The van der Waals surface area contributed by atoms with Crippen molar-refractivity contribution in [2.45, 2.75) is 6.92 Å². The molecule has 2 amide bonds. The van der Waals surface area contributed by atoms with Gasteiger partial charge in [0.1, 0.15) is 0 Å². The Labute approximate surface area is 126 Å². The van der Waals surface area contributed by atoms with Gasteiger partial charge in [0.25, 0.3) is 11.8 Å². The molecule has 2 rings (SSSR count). The number of anilines is 1. The molecule has 6 nitrogen and oxygen atoms in total. The Bertz CT molecular complexity index is 619. The molecule has 0 aromatic carbocycles. The second kappa shape index (κ2) is 7.05. The lowest BCUT2D eigenvalue weighted by Crippen LogP contribution is -2.30. The van der Waals surface area contributed by atoms with Crippen LogP contribution in [0.2, 0.25) is 0 Å². The van der Waals surface area contributed by atoms with E-state index in [2.05, 4.69) is 16.0 Å². The molecular formula is C14H17N3O3S. The zero-order valence-electron chi connectivity index (χ0n) is 11.9. The van der Waals surface area contributed by atoms with Crippen molar-refractivity contribution in [3.8, 4) is 0 Å². The molecule has 0 saturated heterocycles. The lowest BCUT2D eigenvalue weighted by molar-refractivity contribution is 0.0956. The van der Waals surface area contributed by atoms with E-state index in [0.29, 0.717) is 23.0 Å². The average molecular weight is 307 g/mol. The van der Waals surface area contributed by atoms with E-state index in [1.807, 2.05) is 14.0 Å². The summed E-state index contributed by atoms with van der Waals surface area (Å²) in [6, 6.07) is 5.01. The summed E-state index contributed by atoms with van der Waals surface area (Å²) in [5.74, 6) is -0.226. The minimum atomic E-state index is -0.330. The first-order valence-corrected chi connectivity index (χ1v) is 7.31. The predicted octanol–water partition coefficient (Wildman–Crippen LogP) is 1.85. The van der Waals surface area contributed by atoms with Gasteiger partial charge in [-0.15, -0.1) is 11.3 Å². The third-order valence-electron chi connectivity index (χ3n) is 2.77. The van der Waals surface area contributed by atoms with E-state index in [1.165, 1.54) is 17.6 Å². The number of hydrogen-bond donors (Lipinski definition) is 3. The highest BCUT2D eigenvalue weighted by Gasteiger charge is 2.16. The molecule has 2 aromatic rings. The molecule has 0 saturated carbocycles. The molecule has 0 unspecified atom stereocenters. The molecule has 0 atom stereocenters. The van der Waals surface area contributed by atoms with Crippen molar-refractivity contribution in [3.63, 3.8) is 0 Å². The van der Waals surface area contributed by atoms with Crippen LogP contribution >= 0.6 is 11.3 Å². The maximum Gasteiger partial charge on any atom is 0.291 e. The zero-order valence-corrected chi connectivity index (χ0v) is 12.7. The number of carbonyl (C=O) groups is 2. The summed E-state index contributed by atoms with van der Waals surface area (Å²) in [5, 5.41) is 9.11. The van der Waals surface area contributed by atoms with Gasteiger partial charge < -0.3 is 20.4 Å². The van der Waals surface area contributed by atoms with Gasteiger partial charge in [0, 0.05) is 13.1 Å². The second-order valence-corrected chi connectivity index (χ2v) is 5.47. The Morgan fingerprint density at radius 1 is 1.29 bits per heavy atom. The average Bonchev–Trinajstić information content (AvgIpc) is 3.08. The minimum Gasteiger partial charge on any atom is -0.459 e. The molecule has 0 bridgehead atoms. The highest BCUT2D eigenvalue weighted by molar-refractivity contribution is 7.18. The number of amides is 2. The minimum absolute atomic E-state index is 0.133. The molecular weight excluding hydrogens is 290 g/mol. The summed E-state index contributed by atoms with van der Waals surface area (Å²) >= 11 is 1.25. The number of carbonyl (C=O) groups excluding carboxylic acids is 2. The molecule has 0 aliphatic rings. The maximum atomic E-state index is 12.0. The largest absolute Gasteiger partial charge is 0.459 e. The zero-order chi connectivity index (χ0) is 15.2. The van der Waals surface area contributed by atoms with E-state index in [4.69, 9.17) is 4.42 Å². The number of nitrogens with one attached hydrogen (secondary N) is 3. The normalized spacial score (nSPS) is 10.4.